The van der Waals surface area contributed by atoms with Crippen LogP contribution in [-0.4, -0.2) is 10.9 Å². The second kappa shape index (κ2) is 6.47. The summed E-state index contributed by atoms with van der Waals surface area (Å²) >= 11 is 7.64. The SMILES string of the molecule is Cc1ccc(Cl)c2sc(NC(=O)Cc3cccc4ccccc34)nc12. The van der Waals surface area contributed by atoms with Gasteiger partial charge >= 0.3 is 0 Å². The van der Waals surface area contributed by atoms with Gasteiger partial charge in [0.2, 0.25) is 5.91 Å². The van der Waals surface area contributed by atoms with Gasteiger partial charge in [-0.1, -0.05) is 71.5 Å². The number of aryl methyl sites for hydroxylation is 1. The number of amides is 1. The molecular formula is C20H15ClN2OS. The zero-order valence-corrected chi connectivity index (χ0v) is 15.1. The summed E-state index contributed by atoms with van der Waals surface area (Å²) in [4.78, 5) is 17.0. The van der Waals surface area contributed by atoms with Crippen molar-refractivity contribution in [3.05, 3.63) is 70.7 Å². The van der Waals surface area contributed by atoms with Gasteiger partial charge in [-0.15, -0.1) is 0 Å². The molecule has 3 nitrogen and oxygen atoms in total. The number of halogens is 1. The summed E-state index contributed by atoms with van der Waals surface area (Å²) in [6.45, 7) is 1.99. The highest BCUT2D eigenvalue weighted by Gasteiger charge is 2.13. The second-order valence-electron chi connectivity index (χ2n) is 5.92. The van der Waals surface area contributed by atoms with Gasteiger partial charge in [0.15, 0.2) is 5.13 Å². The second-order valence-corrected chi connectivity index (χ2v) is 7.33. The standard InChI is InChI=1S/C20H15ClN2OS/c1-12-9-10-16(21)19-18(12)23-20(25-19)22-17(24)11-14-7-4-6-13-5-2-3-8-15(13)14/h2-10H,11H2,1H3,(H,22,23,24). The molecule has 3 aromatic carbocycles. The Morgan fingerprint density at radius 1 is 1.12 bits per heavy atom. The van der Waals surface area contributed by atoms with E-state index in [1.165, 1.54) is 11.3 Å². The minimum absolute atomic E-state index is 0.0795. The molecule has 0 atom stereocenters. The molecule has 0 saturated heterocycles. The van der Waals surface area contributed by atoms with Gasteiger partial charge in [0, 0.05) is 0 Å². The number of benzene rings is 3. The van der Waals surface area contributed by atoms with Crippen molar-refractivity contribution in [1.82, 2.24) is 4.98 Å². The lowest BCUT2D eigenvalue weighted by atomic mass is 10.0. The zero-order chi connectivity index (χ0) is 17.4. The summed E-state index contributed by atoms with van der Waals surface area (Å²) in [6, 6.07) is 17.9. The average molecular weight is 367 g/mol. The van der Waals surface area contributed by atoms with Crippen LogP contribution in [0.5, 0.6) is 0 Å². The topological polar surface area (TPSA) is 42.0 Å². The van der Waals surface area contributed by atoms with Crippen molar-refractivity contribution in [2.45, 2.75) is 13.3 Å². The molecule has 0 saturated carbocycles. The van der Waals surface area contributed by atoms with E-state index in [1.54, 1.807) is 0 Å². The maximum absolute atomic E-state index is 12.5. The average Bonchev–Trinajstić information content (AvgIpc) is 3.03. The summed E-state index contributed by atoms with van der Waals surface area (Å²) in [5.74, 6) is -0.0795. The molecular weight excluding hydrogens is 352 g/mol. The molecule has 1 N–H and O–H groups in total. The van der Waals surface area contributed by atoms with Crippen LogP contribution < -0.4 is 5.32 Å². The van der Waals surface area contributed by atoms with Crippen LogP contribution in [0, 0.1) is 6.92 Å². The van der Waals surface area contributed by atoms with Crippen molar-refractivity contribution in [2.75, 3.05) is 5.32 Å². The summed E-state index contributed by atoms with van der Waals surface area (Å²) in [5, 5.41) is 6.38. The van der Waals surface area contributed by atoms with E-state index < -0.39 is 0 Å². The van der Waals surface area contributed by atoms with Gasteiger partial charge in [-0.05, 0) is 34.9 Å². The minimum atomic E-state index is -0.0795. The van der Waals surface area contributed by atoms with Crippen molar-refractivity contribution < 1.29 is 4.79 Å². The van der Waals surface area contributed by atoms with Crippen LogP contribution in [0.1, 0.15) is 11.1 Å². The number of thiazole rings is 1. The number of hydrogen-bond acceptors (Lipinski definition) is 3. The summed E-state index contributed by atoms with van der Waals surface area (Å²) in [7, 11) is 0. The summed E-state index contributed by atoms with van der Waals surface area (Å²) in [6.07, 6.45) is 0.310. The Kier molecular flexibility index (Phi) is 4.15. The Balaban J connectivity index is 1.60. The van der Waals surface area contributed by atoms with Crippen molar-refractivity contribution in [3.8, 4) is 0 Å². The molecule has 5 heteroatoms. The maximum Gasteiger partial charge on any atom is 0.230 e. The number of nitrogens with zero attached hydrogens (tertiary/aromatic N) is 1. The van der Waals surface area contributed by atoms with Crippen molar-refractivity contribution in [1.29, 1.82) is 0 Å². The molecule has 0 fully saturated rings. The van der Waals surface area contributed by atoms with Gasteiger partial charge in [0.05, 0.1) is 21.7 Å². The fourth-order valence-electron chi connectivity index (χ4n) is 2.94. The molecule has 1 aromatic heterocycles. The monoisotopic (exact) mass is 366 g/mol. The molecule has 0 unspecified atom stereocenters. The van der Waals surface area contributed by atoms with Crippen LogP contribution >= 0.6 is 22.9 Å². The first-order valence-corrected chi connectivity index (χ1v) is 9.13. The molecule has 1 heterocycles. The molecule has 0 aliphatic carbocycles. The third kappa shape index (κ3) is 3.11. The van der Waals surface area contributed by atoms with Gasteiger partial charge < -0.3 is 5.32 Å². The Morgan fingerprint density at radius 2 is 1.92 bits per heavy atom. The number of carbonyl (C=O) groups is 1. The molecule has 124 valence electrons. The fraction of sp³-hybridized carbons (Fsp3) is 0.100. The number of anilines is 1. The lowest BCUT2D eigenvalue weighted by Gasteiger charge is -2.06. The van der Waals surface area contributed by atoms with Crippen LogP contribution in [0.4, 0.5) is 5.13 Å². The summed E-state index contributed by atoms with van der Waals surface area (Å²) in [5.41, 5.74) is 2.90. The van der Waals surface area contributed by atoms with E-state index in [1.807, 2.05) is 49.4 Å². The third-order valence-corrected chi connectivity index (χ3v) is 5.61. The van der Waals surface area contributed by atoms with E-state index >= 15 is 0 Å². The van der Waals surface area contributed by atoms with Gasteiger partial charge in [-0.2, -0.15) is 0 Å². The Morgan fingerprint density at radius 3 is 2.76 bits per heavy atom. The van der Waals surface area contributed by atoms with Crippen LogP contribution in [-0.2, 0) is 11.2 Å². The van der Waals surface area contributed by atoms with Gasteiger partial charge in [0.1, 0.15) is 0 Å². The molecule has 0 bridgehead atoms. The Bertz CT molecular complexity index is 1060. The maximum atomic E-state index is 12.5. The van der Waals surface area contributed by atoms with E-state index in [2.05, 4.69) is 22.4 Å². The van der Waals surface area contributed by atoms with Crippen LogP contribution in [0.15, 0.2) is 54.6 Å². The van der Waals surface area contributed by atoms with Crippen LogP contribution in [0.25, 0.3) is 21.0 Å². The fourth-order valence-corrected chi connectivity index (χ4v) is 4.17. The van der Waals surface area contributed by atoms with Crippen molar-refractivity contribution >= 4 is 55.0 Å². The van der Waals surface area contributed by atoms with E-state index in [-0.39, 0.29) is 5.91 Å². The van der Waals surface area contributed by atoms with Gasteiger partial charge in [0.25, 0.3) is 0 Å². The number of carbonyl (C=O) groups excluding carboxylic acids is 1. The van der Waals surface area contributed by atoms with E-state index in [0.29, 0.717) is 16.6 Å². The highest BCUT2D eigenvalue weighted by molar-refractivity contribution is 7.23. The van der Waals surface area contributed by atoms with E-state index in [0.717, 1.165) is 32.1 Å². The van der Waals surface area contributed by atoms with Crippen LogP contribution in [0.3, 0.4) is 0 Å². The normalized spacial score (nSPS) is 11.1. The van der Waals surface area contributed by atoms with Crippen molar-refractivity contribution in [3.63, 3.8) is 0 Å². The number of hydrogen-bond donors (Lipinski definition) is 1. The molecule has 0 radical (unpaired) electrons. The Labute approximate surface area is 154 Å². The largest absolute Gasteiger partial charge is 0.302 e. The van der Waals surface area contributed by atoms with E-state index in [9.17, 15) is 4.79 Å². The molecule has 4 aromatic rings. The zero-order valence-electron chi connectivity index (χ0n) is 13.5. The third-order valence-electron chi connectivity index (χ3n) is 4.17. The highest BCUT2D eigenvalue weighted by Crippen LogP contribution is 2.34. The molecule has 0 aliphatic heterocycles. The first kappa shape index (κ1) is 16.1. The van der Waals surface area contributed by atoms with Gasteiger partial charge in [-0.3, -0.25) is 4.79 Å². The summed E-state index contributed by atoms with van der Waals surface area (Å²) < 4.78 is 0.905. The number of nitrogens with one attached hydrogen (secondary N) is 1. The lowest BCUT2D eigenvalue weighted by molar-refractivity contribution is -0.115. The molecule has 4 rings (SSSR count). The molecule has 0 spiro atoms. The predicted molar refractivity (Wildman–Crippen MR) is 106 cm³/mol. The predicted octanol–water partition coefficient (Wildman–Crippen LogP) is 5.59. The van der Waals surface area contributed by atoms with E-state index in [4.69, 9.17) is 11.6 Å². The number of aromatic nitrogens is 1. The quantitative estimate of drug-likeness (QED) is 0.513. The number of fused-ring (bicyclic) bond motifs is 2. The van der Waals surface area contributed by atoms with Crippen molar-refractivity contribution in [2.24, 2.45) is 0 Å². The first-order chi connectivity index (χ1) is 12.1. The first-order valence-electron chi connectivity index (χ1n) is 7.94. The minimum Gasteiger partial charge on any atom is -0.302 e. The lowest BCUT2D eigenvalue weighted by Crippen LogP contribution is -2.14. The molecule has 0 aliphatic rings. The van der Waals surface area contributed by atoms with Crippen LogP contribution in [0.2, 0.25) is 5.02 Å². The number of rotatable bonds is 3. The highest BCUT2D eigenvalue weighted by atomic mass is 35.5. The smallest absolute Gasteiger partial charge is 0.230 e. The molecule has 1 amide bonds. The van der Waals surface area contributed by atoms with Gasteiger partial charge in [-0.25, -0.2) is 4.98 Å². The Hall–Kier alpha value is -2.43. The molecule has 25 heavy (non-hydrogen) atoms.